The molecular formula is C16H12F2N2O2S2. The smallest absolute Gasteiger partial charge is 0.236 e. The van der Waals surface area contributed by atoms with E-state index in [1.807, 2.05) is 0 Å². The van der Waals surface area contributed by atoms with Gasteiger partial charge in [-0.3, -0.25) is 0 Å². The molecule has 0 aliphatic carbocycles. The second-order valence-electron chi connectivity index (χ2n) is 5.00. The summed E-state index contributed by atoms with van der Waals surface area (Å²) in [5, 5.41) is 7.47. The molecule has 3 aromatic rings. The fourth-order valence-electron chi connectivity index (χ4n) is 2.22. The molecule has 0 saturated carbocycles. The minimum absolute atomic E-state index is 0.000974. The number of sulfonamides is 1. The number of primary sulfonamides is 1. The highest BCUT2D eigenvalue weighted by atomic mass is 32.2. The van der Waals surface area contributed by atoms with Crippen LogP contribution in [-0.4, -0.2) is 13.4 Å². The van der Waals surface area contributed by atoms with E-state index in [0.717, 1.165) is 0 Å². The van der Waals surface area contributed by atoms with Gasteiger partial charge >= 0.3 is 0 Å². The summed E-state index contributed by atoms with van der Waals surface area (Å²) < 4.78 is 48.6. The number of hydrogen-bond acceptors (Lipinski definition) is 4. The molecule has 1 heterocycles. The number of thiazole rings is 1. The van der Waals surface area contributed by atoms with Crippen LogP contribution in [0.3, 0.4) is 0 Å². The van der Waals surface area contributed by atoms with Gasteiger partial charge in [-0.25, -0.2) is 27.3 Å². The number of hydrogen-bond donors (Lipinski definition) is 1. The largest absolute Gasteiger partial charge is 0.263 e. The summed E-state index contributed by atoms with van der Waals surface area (Å²) in [6.45, 7) is 0. The third-order valence-electron chi connectivity index (χ3n) is 3.39. The highest BCUT2D eigenvalue weighted by Crippen LogP contribution is 2.33. The van der Waals surface area contributed by atoms with E-state index in [4.69, 9.17) is 5.14 Å². The number of nitrogens with two attached hydrogens (primary N) is 1. The third-order valence-corrected chi connectivity index (χ3v) is 5.23. The normalized spacial score (nSPS) is 11.8. The molecule has 0 spiro atoms. The van der Waals surface area contributed by atoms with Crippen molar-refractivity contribution in [1.82, 2.24) is 4.98 Å². The van der Waals surface area contributed by atoms with Gasteiger partial charge in [0.25, 0.3) is 6.43 Å². The number of benzene rings is 2. The Morgan fingerprint density at radius 3 is 2.33 bits per heavy atom. The summed E-state index contributed by atoms with van der Waals surface area (Å²) in [5.41, 5.74) is 1.62. The van der Waals surface area contributed by atoms with Gasteiger partial charge in [-0.15, -0.1) is 11.3 Å². The zero-order valence-electron chi connectivity index (χ0n) is 12.2. The Hall–Kier alpha value is -2.16. The van der Waals surface area contributed by atoms with E-state index >= 15 is 0 Å². The quantitative estimate of drug-likeness (QED) is 0.757. The first-order valence-electron chi connectivity index (χ1n) is 6.82. The van der Waals surface area contributed by atoms with Gasteiger partial charge in [0.1, 0.15) is 5.01 Å². The molecule has 0 saturated heterocycles. The summed E-state index contributed by atoms with van der Waals surface area (Å²) >= 11 is 1.26. The van der Waals surface area contributed by atoms with Crippen molar-refractivity contribution in [2.45, 2.75) is 11.3 Å². The van der Waals surface area contributed by atoms with E-state index in [0.29, 0.717) is 21.8 Å². The second-order valence-corrected chi connectivity index (χ2v) is 7.39. The lowest BCUT2D eigenvalue weighted by Gasteiger charge is -2.04. The minimum atomic E-state index is -3.87. The number of alkyl halides is 2. The zero-order valence-corrected chi connectivity index (χ0v) is 13.8. The first-order chi connectivity index (χ1) is 11.4. The van der Waals surface area contributed by atoms with Crippen molar-refractivity contribution in [3.05, 3.63) is 59.5 Å². The molecule has 2 N–H and O–H groups in total. The molecule has 0 aliphatic heterocycles. The topological polar surface area (TPSA) is 73.1 Å². The van der Waals surface area contributed by atoms with E-state index < -0.39 is 16.4 Å². The molecule has 3 rings (SSSR count). The molecule has 1 aromatic heterocycles. The summed E-state index contributed by atoms with van der Waals surface area (Å²) in [7, 11) is -3.87. The molecule has 4 nitrogen and oxygen atoms in total. The van der Waals surface area contributed by atoms with Crippen LogP contribution in [0.25, 0.3) is 21.8 Å². The Kier molecular flexibility index (Phi) is 4.44. The minimum Gasteiger partial charge on any atom is -0.236 e. The van der Waals surface area contributed by atoms with Crippen LogP contribution >= 0.6 is 11.3 Å². The molecule has 0 bridgehead atoms. The Balaban J connectivity index is 2.00. The van der Waals surface area contributed by atoms with Gasteiger partial charge < -0.3 is 0 Å². The predicted octanol–water partition coefficient (Wildman–Crippen LogP) is 4.06. The van der Waals surface area contributed by atoms with Crippen LogP contribution in [0.15, 0.2) is 58.8 Å². The molecule has 0 unspecified atom stereocenters. The van der Waals surface area contributed by atoms with E-state index in [1.165, 1.54) is 29.5 Å². The number of nitrogens with zero attached hydrogens (tertiary/aromatic N) is 1. The van der Waals surface area contributed by atoms with E-state index in [1.54, 1.807) is 35.7 Å². The fourth-order valence-corrected chi connectivity index (χ4v) is 3.89. The lowest BCUT2D eigenvalue weighted by molar-refractivity contribution is 0.151. The van der Waals surface area contributed by atoms with Gasteiger partial charge in [0.15, 0.2) is 0 Å². The van der Waals surface area contributed by atoms with Crippen LogP contribution in [0.1, 0.15) is 12.0 Å². The van der Waals surface area contributed by atoms with Gasteiger partial charge in [0.2, 0.25) is 10.0 Å². The average Bonchev–Trinajstić information content (AvgIpc) is 3.04. The summed E-state index contributed by atoms with van der Waals surface area (Å²) in [6.07, 6.45) is -2.52. The summed E-state index contributed by atoms with van der Waals surface area (Å²) in [6, 6.07) is 12.1. The fraction of sp³-hybridized carbons (Fsp3) is 0.0625. The maximum Gasteiger partial charge on any atom is 0.263 e. The van der Waals surface area contributed by atoms with Crippen molar-refractivity contribution in [3.8, 4) is 21.8 Å². The van der Waals surface area contributed by atoms with E-state index in [9.17, 15) is 17.2 Å². The van der Waals surface area contributed by atoms with Crippen molar-refractivity contribution in [3.63, 3.8) is 0 Å². The van der Waals surface area contributed by atoms with Crippen molar-refractivity contribution in [1.29, 1.82) is 0 Å². The highest BCUT2D eigenvalue weighted by molar-refractivity contribution is 7.89. The van der Waals surface area contributed by atoms with Gasteiger partial charge in [0, 0.05) is 22.1 Å². The van der Waals surface area contributed by atoms with Gasteiger partial charge in [-0.05, 0) is 6.07 Å². The van der Waals surface area contributed by atoms with Crippen molar-refractivity contribution in [2.24, 2.45) is 5.14 Å². The van der Waals surface area contributed by atoms with Gasteiger partial charge in [0.05, 0.1) is 10.6 Å². The SMILES string of the molecule is NS(=O)(=O)c1ccccc1-c1nc(-c2ccc(C(F)F)cc2)cs1. The maximum atomic E-state index is 12.6. The molecular weight excluding hydrogens is 354 g/mol. The monoisotopic (exact) mass is 366 g/mol. The maximum absolute atomic E-state index is 12.6. The molecule has 24 heavy (non-hydrogen) atoms. The van der Waals surface area contributed by atoms with Crippen LogP contribution in [0.2, 0.25) is 0 Å². The molecule has 0 fully saturated rings. The Labute approximate surface area is 141 Å². The van der Waals surface area contributed by atoms with Crippen LogP contribution in [0.4, 0.5) is 8.78 Å². The van der Waals surface area contributed by atoms with Crippen LogP contribution in [0.5, 0.6) is 0 Å². The van der Waals surface area contributed by atoms with Crippen LogP contribution in [0, 0.1) is 0 Å². The Morgan fingerprint density at radius 1 is 1.04 bits per heavy atom. The predicted molar refractivity (Wildman–Crippen MR) is 89.3 cm³/mol. The van der Waals surface area contributed by atoms with Crippen LogP contribution < -0.4 is 5.14 Å². The second kappa shape index (κ2) is 6.39. The van der Waals surface area contributed by atoms with Crippen molar-refractivity contribution in [2.75, 3.05) is 0 Å². The van der Waals surface area contributed by atoms with Crippen molar-refractivity contribution >= 4 is 21.4 Å². The molecule has 8 heteroatoms. The average molecular weight is 366 g/mol. The lowest BCUT2D eigenvalue weighted by atomic mass is 10.1. The third kappa shape index (κ3) is 3.35. The van der Waals surface area contributed by atoms with Gasteiger partial charge in [-0.1, -0.05) is 42.5 Å². The van der Waals surface area contributed by atoms with Gasteiger partial charge in [-0.2, -0.15) is 0 Å². The highest BCUT2D eigenvalue weighted by Gasteiger charge is 2.17. The van der Waals surface area contributed by atoms with E-state index in [-0.39, 0.29) is 10.5 Å². The number of aromatic nitrogens is 1. The molecule has 0 amide bonds. The first-order valence-corrected chi connectivity index (χ1v) is 9.25. The lowest BCUT2D eigenvalue weighted by Crippen LogP contribution is -2.13. The number of halogens is 2. The standard InChI is InChI=1S/C16H12F2N2O2S2/c17-15(18)11-7-5-10(6-8-11)13-9-23-16(20-13)12-3-1-2-4-14(12)24(19,21)22/h1-9,15H,(H2,19,21,22). The van der Waals surface area contributed by atoms with Crippen LogP contribution in [-0.2, 0) is 10.0 Å². The summed E-state index contributed by atoms with van der Waals surface area (Å²) in [5.74, 6) is 0. The molecule has 0 aliphatic rings. The summed E-state index contributed by atoms with van der Waals surface area (Å²) in [4.78, 5) is 4.41. The van der Waals surface area contributed by atoms with E-state index in [2.05, 4.69) is 4.98 Å². The zero-order chi connectivity index (χ0) is 17.3. The molecule has 0 atom stereocenters. The molecule has 2 aromatic carbocycles. The molecule has 124 valence electrons. The van der Waals surface area contributed by atoms with Crippen molar-refractivity contribution < 1.29 is 17.2 Å². The Bertz CT molecular complexity index is 968. The molecule has 0 radical (unpaired) electrons. The first kappa shape index (κ1) is 16.7. The Morgan fingerprint density at radius 2 is 1.71 bits per heavy atom. The number of rotatable bonds is 4.